The van der Waals surface area contributed by atoms with Gasteiger partial charge in [0.1, 0.15) is 0 Å². The SMILES string of the molecule is [CH2]C=CNc1ccc(Br)cc1. The minimum atomic E-state index is 1.06. The summed E-state index contributed by atoms with van der Waals surface area (Å²) in [7, 11) is 0. The van der Waals surface area contributed by atoms with Gasteiger partial charge in [0.2, 0.25) is 0 Å². The molecule has 1 nitrogen and oxygen atoms in total. The summed E-state index contributed by atoms with van der Waals surface area (Å²) in [6.07, 6.45) is 3.51. The molecule has 0 aliphatic heterocycles. The molecule has 0 saturated heterocycles. The molecule has 0 atom stereocenters. The van der Waals surface area contributed by atoms with Gasteiger partial charge in [-0.3, -0.25) is 0 Å². The van der Waals surface area contributed by atoms with Crippen molar-refractivity contribution in [3.8, 4) is 0 Å². The van der Waals surface area contributed by atoms with E-state index < -0.39 is 0 Å². The zero-order chi connectivity index (χ0) is 8.10. The number of hydrogen-bond acceptors (Lipinski definition) is 1. The number of hydrogen-bond donors (Lipinski definition) is 1. The molecule has 1 radical (unpaired) electrons. The van der Waals surface area contributed by atoms with Crippen LogP contribution in [0.1, 0.15) is 0 Å². The lowest BCUT2D eigenvalue weighted by Gasteiger charge is -1.98. The van der Waals surface area contributed by atoms with E-state index in [1.807, 2.05) is 24.3 Å². The van der Waals surface area contributed by atoms with E-state index in [1.54, 1.807) is 12.3 Å². The molecule has 0 heterocycles. The van der Waals surface area contributed by atoms with E-state index >= 15 is 0 Å². The van der Waals surface area contributed by atoms with Crippen molar-refractivity contribution in [1.82, 2.24) is 0 Å². The number of allylic oxidation sites excluding steroid dienone is 1. The van der Waals surface area contributed by atoms with E-state index in [9.17, 15) is 0 Å². The molecule has 0 aromatic heterocycles. The number of halogens is 1. The second kappa shape index (κ2) is 4.19. The van der Waals surface area contributed by atoms with Crippen molar-refractivity contribution in [3.05, 3.63) is 47.9 Å². The van der Waals surface area contributed by atoms with Crippen molar-refractivity contribution in [2.45, 2.75) is 0 Å². The van der Waals surface area contributed by atoms with Crippen molar-refractivity contribution < 1.29 is 0 Å². The molecule has 57 valence electrons. The maximum atomic E-state index is 3.57. The van der Waals surface area contributed by atoms with Gasteiger partial charge in [0.15, 0.2) is 0 Å². The predicted octanol–water partition coefficient (Wildman–Crippen LogP) is 3.21. The number of benzene rings is 1. The molecular formula is C9H9BrN. The van der Waals surface area contributed by atoms with Crippen molar-refractivity contribution in [3.63, 3.8) is 0 Å². The quantitative estimate of drug-likeness (QED) is 0.791. The first-order chi connectivity index (χ1) is 5.33. The highest BCUT2D eigenvalue weighted by atomic mass is 79.9. The first-order valence-corrected chi connectivity index (χ1v) is 4.08. The van der Waals surface area contributed by atoms with Crippen LogP contribution < -0.4 is 5.32 Å². The van der Waals surface area contributed by atoms with Gasteiger partial charge in [0.25, 0.3) is 0 Å². The van der Waals surface area contributed by atoms with Gasteiger partial charge in [0.05, 0.1) is 0 Å². The first-order valence-electron chi connectivity index (χ1n) is 3.29. The van der Waals surface area contributed by atoms with Crippen LogP contribution in [-0.2, 0) is 0 Å². The Morgan fingerprint density at radius 3 is 2.45 bits per heavy atom. The molecule has 1 aromatic rings. The van der Waals surface area contributed by atoms with E-state index in [0.29, 0.717) is 0 Å². The smallest absolute Gasteiger partial charge is 0.0380 e. The van der Waals surface area contributed by atoms with Gasteiger partial charge in [0, 0.05) is 10.2 Å². The van der Waals surface area contributed by atoms with E-state index in [1.165, 1.54) is 0 Å². The van der Waals surface area contributed by atoms with Gasteiger partial charge < -0.3 is 5.32 Å². The van der Waals surface area contributed by atoms with Crippen LogP contribution in [0.4, 0.5) is 5.69 Å². The van der Waals surface area contributed by atoms with Gasteiger partial charge in [-0.2, -0.15) is 0 Å². The van der Waals surface area contributed by atoms with Crippen molar-refractivity contribution >= 4 is 21.6 Å². The molecule has 0 fully saturated rings. The average Bonchev–Trinajstić information content (AvgIpc) is 2.04. The van der Waals surface area contributed by atoms with Crippen molar-refractivity contribution in [2.24, 2.45) is 0 Å². The van der Waals surface area contributed by atoms with E-state index in [0.717, 1.165) is 10.2 Å². The molecule has 0 spiro atoms. The van der Waals surface area contributed by atoms with Crippen molar-refractivity contribution in [2.75, 3.05) is 5.32 Å². The number of rotatable bonds is 2. The summed E-state index contributed by atoms with van der Waals surface area (Å²) in [6.45, 7) is 3.57. The molecule has 11 heavy (non-hydrogen) atoms. The number of nitrogens with one attached hydrogen (secondary N) is 1. The molecular weight excluding hydrogens is 202 g/mol. The molecule has 1 N–H and O–H groups in total. The Hall–Kier alpha value is -0.760. The highest BCUT2D eigenvalue weighted by Crippen LogP contribution is 2.13. The maximum Gasteiger partial charge on any atom is 0.0380 e. The summed E-state index contributed by atoms with van der Waals surface area (Å²) in [4.78, 5) is 0. The molecule has 0 unspecified atom stereocenters. The molecule has 1 aromatic carbocycles. The monoisotopic (exact) mass is 210 g/mol. The van der Waals surface area contributed by atoms with Crippen LogP contribution in [0.3, 0.4) is 0 Å². The Morgan fingerprint density at radius 2 is 1.91 bits per heavy atom. The third-order valence-corrected chi connectivity index (χ3v) is 1.74. The van der Waals surface area contributed by atoms with Gasteiger partial charge in [-0.1, -0.05) is 22.0 Å². The van der Waals surface area contributed by atoms with Gasteiger partial charge in [-0.25, -0.2) is 0 Å². The lowest BCUT2D eigenvalue weighted by atomic mass is 10.3. The summed E-state index contributed by atoms with van der Waals surface area (Å²) in [5, 5.41) is 3.06. The Bertz CT molecular complexity index is 238. The zero-order valence-corrected chi connectivity index (χ0v) is 7.64. The molecule has 1 rings (SSSR count). The predicted molar refractivity (Wildman–Crippen MR) is 52.3 cm³/mol. The fraction of sp³-hybridized carbons (Fsp3) is 0. The number of anilines is 1. The zero-order valence-electron chi connectivity index (χ0n) is 6.05. The molecule has 0 aliphatic carbocycles. The van der Waals surface area contributed by atoms with Crippen LogP contribution in [0.2, 0.25) is 0 Å². The van der Waals surface area contributed by atoms with Crippen LogP contribution in [0.25, 0.3) is 0 Å². The molecule has 2 heteroatoms. The summed E-state index contributed by atoms with van der Waals surface area (Å²) in [6, 6.07) is 7.95. The lowest BCUT2D eigenvalue weighted by Crippen LogP contribution is -1.84. The summed E-state index contributed by atoms with van der Waals surface area (Å²) in [5.41, 5.74) is 1.06. The third-order valence-electron chi connectivity index (χ3n) is 1.21. The minimum Gasteiger partial charge on any atom is -0.362 e. The highest BCUT2D eigenvalue weighted by Gasteiger charge is 1.86. The second-order valence-electron chi connectivity index (χ2n) is 2.05. The summed E-state index contributed by atoms with van der Waals surface area (Å²) < 4.78 is 1.08. The normalized spacial score (nSPS) is 10.4. The Kier molecular flexibility index (Phi) is 3.17. The molecule has 0 saturated carbocycles. The lowest BCUT2D eigenvalue weighted by molar-refractivity contribution is 1.56. The van der Waals surface area contributed by atoms with Crippen LogP contribution in [0, 0.1) is 6.92 Å². The van der Waals surface area contributed by atoms with Gasteiger partial charge in [-0.05, 0) is 37.4 Å². The molecule has 0 aliphatic rings. The Balaban J connectivity index is 2.66. The standard InChI is InChI=1S/C9H9BrN/c1-2-7-11-9-5-3-8(10)4-6-9/h2-7,11H,1H2. The van der Waals surface area contributed by atoms with Crippen LogP contribution in [0.5, 0.6) is 0 Å². The van der Waals surface area contributed by atoms with Crippen LogP contribution in [-0.4, -0.2) is 0 Å². The molecule has 0 amide bonds. The van der Waals surface area contributed by atoms with E-state index in [-0.39, 0.29) is 0 Å². The third kappa shape index (κ3) is 2.76. The van der Waals surface area contributed by atoms with E-state index in [2.05, 4.69) is 28.2 Å². The van der Waals surface area contributed by atoms with Crippen molar-refractivity contribution in [1.29, 1.82) is 0 Å². The van der Waals surface area contributed by atoms with Gasteiger partial charge in [-0.15, -0.1) is 0 Å². The van der Waals surface area contributed by atoms with E-state index in [4.69, 9.17) is 0 Å². The minimum absolute atomic E-state index is 1.06. The van der Waals surface area contributed by atoms with Crippen LogP contribution >= 0.6 is 15.9 Å². The van der Waals surface area contributed by atoms with Crippen LogP contribution in [0.15, 0.2) is 41.0 Å². The topological polar surface area (TPSA) is 12.0 Å². The fourth-order valence-electron chi connectivity index (χ4n) is 0.701. The fourth-order valence-corrected chi connectivity index (χ4v) is 0.966. The first kappa shape index (κ1) is 8.34. The Labute approximate surface area is 75.3 Å². The largest absolute Gasteiger partial charge is 0.362 e. The maximum absolute atomic E-state index is 3.57. The molecule has 0 bridgehead atoms. The second-order valence-corrected chi connectivity index (χ2v) is 2.97. The average molecular weight is 211 g/mol. The Morgan fingerprint density at radius 1 is 1.27 bits per heavy atom. The highest BCUT2D eigenvalue weighted by molar-refractivity contribution is 9.10. The van der Waals surface area contributed by atoms with Gasteiger partial charge >= 0.3 is 0 Å². The summed E-state index contributed by atoms with van der Waals surface area (Å²) >= 11 is 3.36. The summed E-state index contributed by atoms with van der Waals surface area (Å²) in [5.74, 6) is 0.